The van der Waals surface area contributed by atoms with E-state index in [-0.39, 0.29) is 31.4 Å². The van der Waals surface area contributed by atoms with Gasteiger partial charge in [0.2, 0.25) is 5.91 Å². The molecule has 1 saturated heterocycles. The molecule has 5 rings (SSSR count). The lowest BCUT2D eigenvalue weighted by atomic mass is 10.1. The van der Waals surface area contributed by atoms with Gasteiger partial charge in [-0.05, 0) is 70.4 Å². The van der Waals surface area contributed by atoms with Crippen LogP contribution < -0.4 is 4.90 Å². The van der Waals surface area contributed by atoms with Gasteiger partial charge >= 0.3 is 6.09 Å². The molecule has 0 unspecified atom stereocenters. The number of carbonyl (C=O) groups excluding carboxylic acids is 3. The van der Waals surface area contributed by atoms with Crippen LogP contribution in [0.15, 0.2) is 24.3 Å². The van der Waals surface area contributed by atoms with Crippen LogP contribution >= 0.6 is 11.5 Å². The Morgan fingerprint density at radius 1 is 1.08 bits per heavy atom. The highest BCUT2D eigenvalue weighted by atomic mass is 32.1. The van der Waals surface area contributed by atoms with E-state index in [2.05, 4.69) is 9.36 Å². The van der Waals surface area contributed by atoms with Crippen LogP contribution in [0.1, 0.15) is 55.6 Å². The Morgan fingerprint density at radius 2 is 1.79 bits per heavy atom. The molecule has 11 nitrogen and oxygen atoms in total. The van der Waals surface area contributed by atoms with Gasteiger partial charge in [0, 0.05) is 31.7 Å². The molecular formula is C26H30FN7O4S. The highest BCUT2D eigenvalue weighted by Crippen LogP contribution is 2.39. The number of imidazole rings is 1. The minimum absolute atomic E-state index is 0.152. The maximum Gasteiger partial charge on any atom is 0.410 e. The first-order valence-corrected chi connectivity index (χ1v) is 13.5. The summed E-state index contributed by atoms with van der Waals surface area (Å²) in [5, 5.41) is 0.616. The molecule has 206 valence electrons. The van der Waals surface area contributed by atoms with Crippen molar-refractivity contribution in [2.75, 3.05) is 31.1 Å². The molecule has 0 spiro atoms. The standard InChI is InChI=1S/C26H30FN7O4S/c1-15-20-21(33-11-10-31(14-19(33)35)25(37)38-26(3,4)5)29-22(23-28-16(2)30-39-23)34(20)13-12-32(15)24(36)17-6-8-18(27)9-7-17/h6-9,15H,10-14H2,1-5H3/t15-/m1/s1. The number of anilines is 1. The van der Waals surface area contributed by atoms with Crippen molar-refractivity contribution in [3.63, 3.8) is 0 Å². The minimum atomic E-state index is -0.676. The number of aryl methyl sites for hydroxylation is 1. The number of benzene rings is 1. The monoisotopic (exact) mass is 555 g/mol. The summed E-state index contributed by atoms with van der Waals surface area (Å²) in [5.74, 6) is 0.662. The lowest BCUT2D eigenvalue weighted by molar-refractivity contribution is -0.121. The predicted octanol–water partition coefficient (Wildman–Crippen LogP) is 3.65. The number of nitrogens with zero attached hydrogens (tertiary/aromatic N) is 7. The largest absolute Gasteiger partial charge is 0.444 e. The predicted molar refractivity (Wildman–Crippen MR) is 142 cm³/mol. The first-order chi connectivity index (χ1) is 18.4. The van der Waals surface area contributed by atoms with Crippen LogP contribution in [0, 0.1) is 12.7 Å². The van der Waals surface area contributed by atoms with Crippen molar-refractivity contribution in [2.24, 2.45) is 0 Å². The van der Waals surface area contributed by atoms with E-state index in [0.29, 0.717) is 46.8 Å². The Bertz CT molecular complexity index is 1430. The van der Waals surface area contributed by atoms with E-state index >= 15 is 0 Å². The molecule has 3 aromatic rings. The van der Waals surface area contributed by atoms with Gasteiger partial charge in [0.25, 0.3) is 5.91 Å². The molecule has 1 fully saturated rings. The molecule has 2 aliphatic rings. The SMILES string of the molecule is Cc1nsc(-c2nc(N3CCN(C(=O)OC(C)(C)C)CC3=O)c3n2CCN(C(=O)c2ccc(F)cc2)[C@@H]3C)n1. The normalized spacial score (nSPS) is 17.8. The van der Waals surface area contributed by atoms with E-state index in [1.807, 2.05) is 11.5 Å². The summed E-state index contributed by atoms with van der Waals surface area (Å²) in [4.78, 5) is 53.4. The lowest BCUT2D eigenvalue weighted by Gasteiger charge is -2.38. The van der Waals surface area contributed by atoms with Crippen LogP contribution in [0.2, 0.25) is 0 Å². The smallest absolute Gasteiger partial charge is 0.410 e. The molecule has 2 aliphatic heterocycles. The molecule has 0 aliphatic carbocycles. The van der Waals surface area contributed by atoms with E-state index in [9.17, 15) is 18.8 Å². The maximum absolute atomic E-state index is 13.5. The van der Waals surface area contributed by atoms with Crippen molar-refractivity contribution in [1.82, 2.24) is 28.7 Å². The van der Waals surface area contributed by atoms with Crippen LogP contribution in [0.25, 0.3) is 10.8 Å². The van der Waals surface area contributed by atoms with Gasteiger partial charge < -0.3 is 14.2 Å². The first kappa shape index (κ1) is 26.7. The Hall–Kier alpha value is -3.87. The number of halogens is 1. The zero-order chi connectivity index (χ0) is 28.1. The summed E-state index contributed by atoms with van der Waals surface area (Å²) in [6.45, 7) is 10.2. The van der Waals surface area contributed by atoms with Gasteiger partial charge in [-0.2, -0.15) is 4.37 Å². The molecule has 0 saturated carbocycles. The molecule has 13 heteroatoms. The molecule has 3 amide bonds. The number of hydrogen-bond donors (Lipinski definition) is 0. The van der Waals surface area contributed by atoms with Gasteiger partial charge in [0.15, 0.2) is 16.6 Å². The van der Waals surface area contributed by atoms with Gasteiger partial charge in [0.05, 0.1) is 11.7 Å². The molecule has 0 radical (unpaired) electrons. The maximum atomic E-state index is 13.5. The van der Waals surface area contributed by atoms with E-state index in [0.717, 1.165) is 0 Å². The second-order valence-corrected chi connectivity index (χ2v) is 11.3. The topological polar surface area (TPSA) is 114 Å². The summed E-state index contributed by atoms with van der Waals surface area (Å²) in [5.41, 5.74) is 0.392. The average molecular weight is 556 g/mol. The molecule has 2 aromatic heterocycles. The van der Waals surface area contributed by atoms with E-state index < -0.39 is 23.6 Å². The summed E-state index contributed by atoms with van der Waals surface area (Å²) < 4.78 is 25.2. The summed E-state index contributed by atoms with van der Waals surface area (Å²) in [7, 11) is 0. The Morgan fingerprint density at radius 3 is 2.41 bits per heavy atom. The molecule has 0 bridgehead atoms. The second-order valence-electron chi connectivity index (χ2n) is 10.6. The number of fused-ring (bicyclic) bond motifs is 1. The van der Waals surface area contributed by atoms with E-state index in [4.69, 9.17) is 9.72 Å². The fourth-order valence-electron chi connectivity index (χ4n) is 4.81. The fourth-order valence-corrected chi connectivity index (χ4v) is 5.48. The third-order valence-corrected chi connectivity index (χ3v) is 7.42. The van der Waals surface area contributed by atoms with E-state index in [1.165, 1.54) is 40.7 Å². The minimum Gasteiger partial charge on any atom is -0.444 e. The van der Waals surface area contributed by atoms with Crippen molar-refractivity contribution in [2.45, 2.75) is 52.8 Å². The Balaban J connectivity index is 1.49. The number of hydrogen-bond acceptors (Lipinski definition) is 8. The Labute approximate surface area is 229 Å². The van der Waals surface area contributed by atoms with Gasteiger partial charge in [-0.25, -0.2) is 19.2 Å². The lowest BCUT2D eigenvalue weighted by Crippen LogP contribution is -2.54. The number of rotatable bonds is 3. The van der Waals surface area contributed by atoms with Crippen molar-refractivity contribution < 1.29 is 23.5 Å². The van der Waals surface area contributed by atoms with Crippen molar-refractivity contribution >= 4 is 35.3 Å². The van der Waals surface area contributed by atoms with Crippen LogP contribution in [0.4, 0.5) is 15.0 Å². The van der Waals surface area contributed by atoms with Crippen molar-refractivity contribution in [1.29, 1.82) is 0 Å². The van der Waals surface area contributed by atoms with Gasteiger partial charge in [-0.15, -0.1) is 0 Å². The highest BCUT2D eigenvalue weighted by molar-refractivity contribution is 7.09. The van der Waals surface area contributed by atoms with Crippen LogP contribution in [0.3, 0.4) is 0 Å². The quantitative estimate of drug-likeness (QED) is 0.485. The van der Waals surface area contributed by atoms with Crippen molar-refractivity contribution in [3.05, 3.63) is 47.2 Å². The molecular weight excluding hydrogens is 525 g/mol. The summed E-state index contributed by atoms with van der Waals surface area (Å²) >= 11 is 1.22. The number of ether oxygens (including phenoxy) is 1. The highest BCUT2D eigenvalue weighted by Gasteiger charge is 2.39. The molecule has 1 aromatic carbocycles. The fraction of sp³-hybridized carbons (Fsp3) is 0.462. The summed E-state index contributed by atoms with van der Waals surface area (Å²) in [6, 6.07) is 5.00. The second kappa shape index (κ2) is 10.0. The number of amides is 3. The first-order valence-electron chi connectivity index (χ1n) is 12.7. The van der Waals surface area contributed by atoms with Crippen molar-refractivity contribution in [3.8, 4) is 10.8 Å². The third-order valence-electron chi connectivity index (χ3n) is 6.61. The molecule has 0 N–H and O–H groups in total. The Kier molecular flexibility index (Phi) is 6.87. The molecule has 4 heterocycles. The van der Waals surface area contributed by atoms with Crippen LogP contribution in [0.5, 0.6) is 0 Å². The van der Waals surface area contributed by atoms with Crippen LogP contribution in [-0.4, -0.2) is 78.4 Å². The van der Waals surface area contributed by atoms with Gasteiger partial charge in [0.1, 0.15) is 23.8 Å². The number of carbonyl (C=O) groups is 3. The van der Waals surface area contributed by atoms with Gasteiger partial charge in [-0.3, -0.25) is 19.4 Å². The molecule has 1 atom stereocenters. The molecule has 39 heavy (non-hydrogen) atoms. The number of aromatic nitrogens is 4. The average Bonchev–Trinajstić information content (AvgIpc) is 3.47. The van der Waals surface area contributed by atoms with E-state index in [1.54, 1.807) is 37.5 Å². The zero-order valence-corrected chi connectivity index (χ0v) is 23.3. The zero-order valence-electron chi connectivity index (χ0n) is 22.5. The number of piperazine rings is 1. The van der Waals surface area contributed by atoms with Gasteiger partial charge in [-0.1, -0.05) is 0 Å². The third kappa shape index (κ3) is 5.22. The van der Waals surface area contributed by atoms with Crippen LogP contribution in [-0.2, 0) is 16.1 Å². The summed E-state index contributed by atoms with van der Waals surface area (Å²) in [6.07, 6.45) is -0.545.